The minimum absolute atomic E-state index is 0. The monoisotopic (exact) mass is 508 g/mol. The maximum absolute atomic E-state index is 10.0. The minimum Gasteiger partial charge on any atom is -0.512 e. The first-order valence-electron chi connectivity index (χ1n) is 8.02. The van der Waals surface area contributed by atoms with E-state index in [4.69, 9.17) is 20.4 Å². The van der Waals surface area contributed by atoms with E-state index in [-0.39, 0.29) is 77.8 Å². The summed E-state index contributed by atoms with van der Waals surface area (Å²) in [5.41, 5.74) is 0. The van der Waals surface area contributed by atoms with Crippen molar-refractivity contribution in [2.75, 3.05) is 0 Å². The van der Waals surface area contributed by atoms with Crippen molar-refractivity contribution in [3.63, 3.8) is 0 Å². The zero-order valence-electron chi connectivity index (χ0n) is 18.7. The molecule has 0 amide bonds. The number of ketones is 4. The number of allylic oxidation sites excluding steroid dienone is 8. The normalized spacial score (nSPS) is 10.7. The zero-order chi connectivity index (χ0) is 23.4. The Morgan fingerprint density at radius 3 is 0.533 bits per heavy atom. The van der Waals surface area contributed by atoms with Crippen molar-refractivity contribution in [2.45, 2.75) is 55.4 Å². The van der Waals surface area contributed by atoms with Crippen LogP contribution < -0.4 is 0 Å². The number of rotatable bonds is 4. The number of carbonyl (C=O) groups is 4. The smallest absolute Gasteiger partial charge is 0.155 e. The van der Waals surface area contributed by atoms with Crippen LogP contribution in [0.25, 0.3) is 0 Å². The van der Waals surface area contributed by atoms with Gasteiger partial charge in [0.05, 0.1) is 23.0 Å². The van der Waals surface area contributed by atoms with Crippen LogP contribution in [-0.4, -0.2) is 49.0 Å². The quantitative estimate of drug-likeness (QED) is 0.329. The van der Waals surface area contributed by atoms with Crippen molar-refractivity contribution in [2.24, 2.45) is 0 Å². The third-order valence-electron chi connectivity index (χ3n) is 1.65. The van der Waals surface area contributed by atoms with E-state index >= 15 is 0 Å². The van der Waals surface area contributed by atoms with Crippen molar-refractivity contribution in [3.8, 4) is 0 Å². The summed E-state index contributed by atoms with van der Waals surface area (Å²) in [7, 11) is 0. The first-order chi connectivity index (χ1) is 12.5. The van der Waals surface area contributed by atoms with E-state index in [0.29, 0.717) is 0 Å². The Kier molecular flexibility index (Phi) is 37.3. The van der Waals surface area contributed by atoms with Crippen molar-refractivity contribution >= 4 is 23.1 Å². The molecule has 0 bridgehead atoms. The fourth-order valence-corrected chi connectivity index (χ4v) is 1.18. The molecule has 0 radical (unpaired) electrons. The molecular weight excluding hydrogens is 475 g/mol. The molecule has 0 aromatic carbocycles. The predicted molar refractivity (Wildman–Crippen MR) is 112 cm³/mol. The van der Waals surface area contributed by atoms with Crippen LogP contribution in [0.3, 0.4) is 0 Å². The fourth-order valence-electron chi connectivity index (χ4n) is 1.18. The van der Waals surface area contributed by atoms with E-state index in [1.165, 1.54) is 79.7 Å². The number of aliphatic hydroxyl groups is 4. The molecule has 6 N–H and O–H groups in total. The van der Waals surface area contributed by atoms with E-state index < -0.39 is 0 Å². The summed E-state index contributed by atoms with van der Waals surface area (Å²) in [5, 5.41) is 33.5. The van der Waals surface area contributed by atoms with Crippen LogP contribution >= 0.6 is 0 Å². The molecule has 0 heterocycles. The van der Waals surface area contributed by atoms with Gasteiger partial charge in [-0.25, -0.2) is 0 Å². The summed E-state index contributed by atoms with van der Waals surface area (Å²) in [6.07, 6.45) is 4.67. The summed E-state index contributed by atoms with van der Waals surface area (Å²) in [6, 6.07) is 0. The van der Waals surface area contributed by atoms with E-state index in [1.54, 1.807) is 0 Å². The maximum Gasteiger partial charge on any atom is 0.155 e. The van der Waals surface area contributed by atoms with Gasteiger partial charge in [0.2, 0.25) is 0 Å². The van der Waals surface area contributed by atoms with Crippen LogP contribution in [0.1, 0.15) is 55.4 Å². The van der Waals surface area contributed by atoms with Crippen LogP contribution in [0.4, 0.5) is 0 Å². The number of aliphatic hydroxyl groups excluding tert-OH is 4. The summed E-state index contributed by atoms with van der Waals surface area (Å²) in [4.78, 5) is 40.1. The summed E-state index contributed by atoms with van der Waals surface area (Å²) >= 11 is 0. The number of hydrogen-bond acceptors (Lipinski definition) is 8. The molecule has 0 fully saturated rings. The van der Waals surface area contributed by atoms with Gasteiger partial charge in [0.15, 0.2) is 23.1 Å². The van der Waals surface area contributed by atoms with Gasteiger partial charge in [0.1, 0.15) is 0 Å². The molecule has 0 spiro atoms. The van der Waals surface area contributed by atoms with Gasteiger partial charge >= 0.3 is 0 Å². The van der Waals surface area contributed by atoms with Crippen molar-refractivity contribution in [1.82, 2.24) is 0 Å². The Morgan fingerprint density at radius 2 is 0.533 bits per heavy atom. The molecule has 10 heteroatoms. The number of carbonyl (C=O) groups excluding carboxylic acids is 4. The van der Waals surface area contributed by atoms with Gasteiger partial charge in [-0.2, -0.15) is 0 Å². The van der Waals surface area contributed by atoms with E-state index in [0.717, 1.165) is 0 Å². The van der Waals surface area contributed by atoms with Gasteiger partial charge in [-0.1, -0.05) is 0 Å². The van der Waals surface area contributed by atoms with Gasteiger partial charge in [0, 0.05) is 50.5 Å². The van der Waals surface area contributed by atoms with Gasteiger partial charge in [-0.05, 0) is 55.4 Å². The molecule has 0 unspecified atom stereocenters. The molecule has 0 saturated carbocycles. The SMILES string of the molecule is CC(=O)/C=C(/C)O.CC(=O)/C=C(/C)O.CC(=O)/C=C(/C)O.CC(=O)/C=C(/C)O.O.[Zr]. The van der Waals surface area contributed by atoms with Gasteiger partial charge < -0.3 is 25.9 Å². The van der Waals surface area contributed by atoms with Crippen LogP contribution in [0.15, 0.2) is 47.3 Å². The third-order valence-corrected chi connectivity index (χ3v) is 1.65. The molecule has 0 aliphatic carbocycles. The molecule has 0 aliphatic rings. The Bertz CT molecular complexity index is 515. The average molecular weight is 510 g/mol. The maximum atomic E-state index is 10.0. The molecule has 0 aromatic heterocycles. The molecule has 172 valence electrons. The Balaban J connectivity index is -0.0000000626. The number of hydrogen-bond donors (Lipinski definition) is 4. The second kappa shape index (κ2) is 26.7. The van der Waals surface area contributed by atoms with Crippen molar-refractivity contribution in [3.05, 3.63) is 47.3 Å². The largest absolute Gasteiger partial charge is 0.512 e. The van der Waals surface area contributed by atoms with Crippen LogP contribution in [0, 0.1) is 0 Å². The first kappa shape index (κ1) is 41.9. The summed E-state index contributed by atoms with van der Waals surface area (Å²) in [5.74, 6) is -0.250. The van der Waals surface area contributed by atoms with E-state index in [2.05, 4.69) is 0 Å². The second-order valence-corrected chi connectivity index (χ2v) is 5.59. The standard InChI is InChI=1S/4C5H8O2.H2O.Zr/c4*1-4(6)3-5(2)7;;/h4*3,6H,1-2H3;1H2;/b4*4-3-;;. The molecular formula is C20H34O9Zr. The molecule has 9 nitrogen and oxygen atoms in total. The van der Waals surface area contributed by atoms with Crippen LogP contribution in [-0.2, 0) is 45.4 Å². The molecule has 0 aliphatic heterocycles. The molecule has 0 rings (SSSR count). The summed E-state index contributed by atoms with van der Waals surface area (Å²) < 4.78 is 0. The minimum atomic E-state index is -0.125. The third kappa shape index (κ3) is 83.6. The van der Waals surface area contributed by atoms with E-state index in [1.807, 2.05) is 0 Å². The zero-order valence-corrected chi connectivity index (χ0v) is 21.2. The van der Waals surface area contributed by atoms with Gasteiger partial charge in [-0.15, -0.1) is 0 Å². The Morgan fingerprint density at radius 1 is 0.433 bits per heavy atom. The van der Waals surface area contributed by atoms with Crippen LogP contribution in [0.5, 0.6) is 0 Å². The predicted octanol–water partition coefficient (Wildman–Crippen LogP) is 3.32. The van der Waals surface area contributed by atoms with Crippen LogP contribution in [0.2, 0.25) is 0 Å². The Hall–Kier alpha value is -2.32. The second-order valence-electron chi connectivity index (χ2n) is 5.59. The van der Waals surface area contributed by atoms with Crippen molar-refractivity contribution < 1.29 is 71.3 Å². The van der Waals surface area contributed by atoms with Gasteiger partial charge in [0.25, 0.3) is 0 Å². The van der Waals surface area contributed by atoms with Crippen molar-refractivity contribution in [1.29, 1.82) is 0 Å². The topological polar surface area (TPSA) is 181 Å². The average Bonchev–Trinajstić information content (AvgIpc) is 2.32. The first-order valence-corrected chi connectivity index (χ1v) is 8.02. The molecule has 0 atom stereocenters. The Labute approximate surface area is 196 Å². The molecule has 0 aromatic rings. The van der Waals surface area contributed by atoms with E-state index in [9.17, 15) is 19.2 Å². The molecule has 0 saturated heterocycles. The summed E-state index contributed by atoms with van der Waals surface area (Å²) in [6.45, 7) is 11.4. The fraction of sp³-hybridized carbons (Fsp3) is 0.400. The molecule has 30 heavy (non-hydrogen) atoms. The van der Waals surface area contributed by atoms with Gasteiger partial charge in [-0.3, -0.25) is 19.2 Å².